The molecular weight excluding hydrogens is 296 g/mol. The minimum Gasteiger partial charge on any atom is -0.360 e. The fraction of sp³-hybridized carbons (Fsp3) is 0.300. The third-order valence-electron chi connectivity index (χ3n) is 2.21. The van der Waals surface area contributed by atoms with E-state index in [0.717, 1.165) is 16.9 Å². The van der Waals surface area contributed by atoms with Crippen molar-refractivity contribution in [2.24, 2.45) is 0 Å². The SMILES string of the molecule is Cc1cc(CNS(=O)(=O)c2cc(C)c(Cl)s2)on1. The van der Waals surface area contributed by atoms with Crippen molar-refractivity contribution in [1.82, 2.24) is 9.88 Å². The van der Waals surface area contributed by atoms with Crippen LogP contribution in [-0.4, -0.2) is 13.6 Å². The molecule has 2 rings (SSSR count). The molecule has 0 aliphatic rings. The molecule has 2 heterocycles. The third-order valence-corrected chi connectivity index (χ3v) is 5.64. The highest BCUT2D eigenvalue weighted by Gasteiger charge is 2.18. The van der Waals surface area contributed by atoms with Gasteiger partial charge in [-0.15, -0.1) is 11.3 Å². The fourth-order valence-electron chi connectivity index (χ4n) is 1.30. The number of nitrogens with zero attached hydrogens (tertiary/aromatic N) is 1. The Morgan fingerprint density at radius 1 is 1.44 bits per heavy atom. The Hall–Kier alpha value is -0.890. The Morgan fingerprint density at radius 3 is 2.67 bits per heavy atom. The number of aryl methyl sites for hydroxylation is 2. The normalized spacial score (nSPS) is 11.9. The maximum Gasteiger partial charge on any atom is 0.250 e. The summed E-state index contributed by atoms with van der Waals surface area (Å²) in [5.41, 5.74) is 1.46. The Labute approximate surface area is 114 Å². The summed E-state index contributed by atoms with van der Waals surface area (Å²) in [4.78, 5) is 0. The summed E-state index contributed by atoms with van der Waals surface area (Å²) in [5.74, 6) is 0.468. The molecule has 0 unspecified atom stereocenters. The van der Waals surface area contributed by atoms with Gasteiger partial charge in [-0.2, -0.15) is 0 Å². The van der Waals surface area contributed by atoms with Crippen molar-refractivity contribution in [3.8, 4) is 0 Å². The summed E-state index contributed by atoms with van der Waals surface area (Å²) in [6.45, 7) is 3.60. The number of hydrogen-bond acceptors (Lipinski definition) is 5. The lowest BCUT2D eigenvalue weighted by atomic mass is 10.4. The molecule has 0 atom stereocenters. The van der Waals surface area contributed by atoms with Gasteiger partial charge in [0.15, 0.2) is 5.76 Å². The van der Waals surface area contributed by atoms with E-state index in [1.807, 2.05) is 0 Å². The van der Waals surface area contributed by atoms with E-state index < -0.39 is 10.0 Å². The number of thiophene rings is 1. The highest BCUT2D eigenvalue weighted by Crippen LogP contribution is 2.29. The van der Waals surface area contributed by atoms with E-state index >= 15 is 0 Å². The summed E-state index contributed by atoms with van der Waals surface area (Å²) >= 11 is 6.88. The Morgan fingerprint density at radius 2 is 2.17 bits per heavy atom. The molecule has 0 bridgehead atoms. The molecule has 2 aromatic rings. The first kappa shape index (κ1) is 13.5. The van der Waals surface area contributed by atoms with Crippen molar-refractivity contribution in [2.75, 3.05) is 0 Å². The quantitative estimate of drug-likeness (QED) is 0.942. The molecule has 0 aromatic carbocycles. The second kappa shape index (κ2) is 5.00. The van der Waals surface area contributed by atoms with Gasteiger partial charge < -0.3 is 4.52 Å². The fourth-order valence-corrected chi connectivity index (χ4v) is 4.05. The van der Waals surface area contributed by atoms with Gasteiger partial charge in [0.05, 0.1) is 16.6 Å². The Bertz CT molecular complexity index is 641. The van der Waals surface area contributed by atoms with Crippen LogP contribution in [0.3, 0.4) is 0 Å². The van der Waals surface area contributed by atoms with E-state index in [0.29, 0.717) is 15.8 Å². The summed E-state index contributed by atoms with van der Waals surface area (Å²) < 4.78 is 31.9. The first-order valence-electron chi connectivity index (χ1n) is 5.06. The van der Waals surface area contributed by atoms with Crippen molar-refractivity contribution in [1.29, 1.82) is 0 Å². The van der Waals surface area contributed by atoms with Crippen LogP contribution in [0.4, 0.5) is 0 Å². The van der Waals surface area contributed by atoms with Crippen LogP contribution < -0.4 is 4.72 Å². The van der Waals surface area contributed by atoms with Gasteiger partial charge in [0, 0.05) is 6.07 Å². The summed E-state index contributed by atoms with van der Waals surface area (Å²) in [6, 6.07) is 3.22. The molecule has 0 aliphatic heterocycles. The van der Waals surface area contributed by atoms with Crippen LogP contribution in [0.5, 0.6) is 0 Å². The topological polar surface area (TPSA) is 72.2 Å². The zero-order valence-electron chi connectivity index (χ0n) is 9.73. The largest absolute Gasteiger partial charge is 0.360 e. The standard InChI is InChI=1S/C10H11ClN2O3S2/c1-6-3-9(17-10(6)11)18(14,15)12-5-8-4-7(2)13-16-8/h3-4,12H,5H2,1-2H3. The zero-order valence-corrected chi connectivity index (χ0v) is 12.1. The number of nitrogens with one attached hydrogen (secondary N) is 1. The number of hydrogen-bond donors (Lipinski definition) is 1. The van der Waals surface area contributed by atoms with Crippen LogP contribution >= 0.6 is 22.9 Å². The van der Waals surface area contributed by atoms with Crippen molar-refractivity contribution in [3.05, 3.63) is 33.5 Å². The van der Waals surface area contributed by atoms with Gasteiger partial charge in [0.1, 0.15) is 4.21 Å². The van der Waals surface area contributed by atoms with E-state index in [2.05, 4.69) is 9.88 Å². The number of halogens is 1. The van der Waals surface area contributed by atoms with E-state index in [4.69, 9.17) is 16.1 Å². The number of sulfonamides is 1. The molecule has 0 aliphatic carbocycles. The maximum absolute atomic E-state index is 12.0. The van der Waals surface area contributed by atoms with Crippen molar-refractivity contribution in [3.63, 3.8) is 0 Å². The van der Waals surface area contributed by atoms with Gasteiger partial charge in [0.25, 0.3) is 10.0 Å². The van der Waals surface area contributed by atoms with E-state index in [-0.39, 0.29) is 10.8 Å². The highest BCUT2D eigenvalue weighted by atomic mass is 35.5. The van der Waals surface area contributed by atoms with Gasteiger partial charge in [-0.1, -0.05) is 16.8 Å². The Balaban J connectivity index is 2.12. The van der Waals surface area contributed by atoms with Crippen LogP contribution in [-0.2, 0) is 16.6 Å². The Kier molecular flexibility index (Phi) is 3.76. The van der Waals surface area contributed by atoms with Crippen molar-refractivity contribution in [2.45, 2.75) is 24.6 Å². The van der Waals surface area contributed by atoms with Crippen LogP contribution in [0.15, 0.2) is 20.9 Å². The van der Waals surface area contributed by atoms with Crippen LogP contribution in [0, 0.1) is 13.8 Å². The molecule has 0 spiro atoms. The van der Waals surface area contributed by atoms with Crippen LogP contribution in [0.1, 0.15) is 17.0 Å². The molecular formula is C10H11ClN2O3S2. The molecule has 8 heteroatoms. The first-order valence-corrected chi connectivity index (χ1v) is 7.74. The molecule has 5 nitrogen and oxygen atoms in total. The summed E-state index contributed by atoms with van der Waals surface area (Å²) in [7, 11) is -3.55. The number of aromatic nitrogens is 1. The lowest BCUT2D eigenvalue weighted by Gasteiger charge is -2.01. The minimum absolute atomic E-state index is 0.0672. The van der Waals surface area contributed by atoms with Crippen molar-refractivity contribution < 1.29 is 12.9 Å². The molecule has 2 aromatic heterocycles. The average Bonchev–Trinajstić information content (AvgIpc) is 2.84. The summed E-state index contributed by atoms with van der Waals surface area (Å²) in [5, 5.41) is 3.68. The molecule has 1 N–H and O–H groups in total. The van der Waals surface area contributed by atoms with Gasteiger partial charge in [-0.05, 0) is 25.5 Å². The predicted molar refractivity (Wildman–Crippen MR) is 69.3 cm³/mol. The van der Waals surface area contributed by atoms with Gasteiger partial charge in [-0.3, -0.25) is 0 Å². The van der Waals surface area contributed by atoms with E-state index in [1.54, 1.807) is 26.0 Å². The van der Waals surface area contributed by atoms with Crippen LogP contribution in [0.25, 0.3) is 0 Å². The molecule has 0 amide bonds. The third kappa shape index (κ3) is 2.92. The molecule has 0 fully saturated rings. The molecule has 18 heavy (non-hydrogen) atoms. The molecule has 0 saturated carbocycles. The molecule has 0 radical (unpaired) electrons. The monoisotopic (exact) mass is 306 g/mol. The lowest BCUT2D eigenvalue weighted by Crippen LogP contribution is -2.22. The van der Waals surface area contributed by atoms with E-state index in [1.165, 1.54) is 0 Å². The lowest BCUT2D eigenvalue weighted by molar-refractivity contribution is 0.377. The minimum atomic E-state index is -3.55. The van der Waals surface area contributed by atoms with Gasteiger partial charge >= 0.3 is 0 Å². The second-order valence-corrected chi connectivity index (χ2v) is 7.43. The maximum atomic E-state index is 12.0. The average molecular weight is 307 g/mol. The number of rotatable bonds is 4. The van der Waals surface area contributed by atoms with Gasteiger partial charge in [-0.25, -0.2) is 13.1 Å². The smallest absolute Gasteiger partial charge is 0.250 e. The predicted octanol–water partition coefficient (Wildman–Crippen LogP) is 2.48. The zero-order chi connectivity index (χ0) is 13.3. The molecule has 0 saturated heterocycles. The van der Waals surface area contributed by atoms with Crippen molar-refractivity contribution >= 4 is 33.0 Å². The molecule has 98 valence electrons. The second-order valence-electron chi connectivity index (χ2n) is 3.78. The van der Waals surface area contributed by atoms with Crippen LogP contribution in [0.2, 0.25) is 4.34 Å². The highest BCUT2D eigenvalue weighted by molar-refractivity contribution is 7.91. The van der Waals surface area contributed by atoms with E-state index in [9.17, 15) is 8.42 Å². The van der Waals surface area contributed by atoms with Gasteiger partial charge in [0.2, 0.25) is 0 Å². The summed E-state index contributed by atoms with van der Waals surface area (Å²) in [6.07, 6.45) is 0. The first-order chi connectivity index (χ1) is 8.38.